The van der Waals surface area contributed by atoms with Crippen LogP contribution in [0, 0.1) is 23.7 Å². The molecule has 520 valence electrons. The lowest BCUT2D eigenvalue weighted by Gasteiger charge is -2.33. The van der Waals surface area contributed by atoms with E-state index in [0.29, 0.717) is 6.42 Å². The Kier molecular flexibility index (Phi) is 23.7. The summed E-state index contributed by atoms with van der Waals surface area (Å²) in [6.07, 6.45) is -5.70. The van der Waals surface area contributed by atoms with Gasteiger partial charge in [0, 0.05) is 73.3 Å². The van der Waals surface area contributed by atoms with Gasteiger partial charge in [0.15, 0.2) is 6.29 Å². The Morgan fingerprint density at radius 1 is 0.781 bits per heavy atom. The Morgan fingerprint density at radius 2 is 1.48 bits per heavy atom. The van der Waals surface area contributed by atoms with Crippen molar-refractivity contribution < 1.29 is 91.0 Å². The Balaban J connectivity index is 1.11. The van der Waals surface area contributed by atoms with E-state index in [4.69, 9.17) is 15.2 Å². The van der Waals surface area contributed by atoms with Crippen molar-refractivity contribution in [3.05, 3.63) is 53.6 Å². The maximum Gasteiger partial charge on any atom is 0.246 e. The molecule has 2 bridgehead atoms. The molecule has 34 heteroatoms. The zero-order valence-electron chi connectivity index (χ0n) is 53.9. The number of hydrogen-bond donors (Lipinski definition) is 14. The van der Waals surface area contributed by atoms with Crippen LogP contribution in [-0.4, -0.2) is 211 Å². The minimum Gasteiger partial charge on any atom is -0.508 e. The predicted molar refractivity (Wildman–Crippen MR) is 337 cm³/mol. The summed E-state index contributed by atoms with van der Waals surface area (Å²) in [7, 11) is -2.45. The van der Waals surface area contributed by atoms with E-state index in [1.807, 2.05) is 0 Å². The number of nitrogens with two attached hydrogens (primary N) is 1. The number of nitrogens with zero attached hydrogens (tertiary/aromatic N) is 2. The van der Waals surface area contributed by atoms with Gasteiger partial charge in [-0.1, -0.05) is 66.2 Å². The summed E-state index contributed by atoms with van der Waals surface area (Å²) in [4.78, 5) is 199. The monoisotopic (exact) mass is 1360 g/mol. The molecule has 0 radical (unpaired) electrons. The van der Waals surface area contributed by atoms with Crippen LogP contribution in [0.15, 0.2) is 47.5 Å². The summed E-state index contributed by atoms with van der Waals surface area (Å²) >= 11 is 0. The van der Waals surface area contributed by atoms with E-state index in [9.17, 15) is 76.8 Å². The Morgan fingerprint density at radius 3 is 2.16 bits per heavy atom. The van der Waals surface area contributed by atoms with Gasteiger partial charge in [0.25, 0.3) is 0 Å². The number of carbonyl (C=O) groups excluding carboxylic acids is 14. The van der Waals surface area contributed by atoms with Crippen molar-refractivity contribution in [1.82, 2.24) is 62.6 Å². The lowest BCUT2D eigenvalue weighted by molar-refractivity contribution is -0.144. The standard InChI is InChI=1S/C62H82N14O19S/c1-8-28(4)50-56(88)65-22-46(81)67-41-26-96(93)59-36(34-14-13-32(77)18-38(34)71-59)20-39(53(85)64-23-47(82)73-50)69-58(90)51(74-55(87)42-19-33(78)24-76(42)61(92)40(21-44(63)79)70-54(41)86)30(6)43-25-94-62(95-43)35-11-9-10-12-37(35)68-52(84)31(7)66-57(89)49(27(2)3)72-45(80)15-16-75-48(83)17-29(5)60(75)91/h9-14,18,27-31,33,39-43,49-51,62,71,77-78H,8,15-17,19-26H2,1-7H3,(H2,63,79)(H,64,85)(H,65,88)(H,66,89)(H,67,81)(H,68,84)(H,69,90)(H,70,86)(H,72,80)(H,73,82)(H,74,87)/t28-,29?,30-,31-,33?,39?,40+,41?,42-,43-,49?,50-,51-,62?,96+/m0/s1. The number of aromatic nitrogens is 1. The van der Waals surface area contributed by atoms with Gasteiger partial charge < -0.3 is 88.5 Å². The van der Waals surface area contributed by atoms with E-state index in [2.05, 4.69) is 58.2 Å². The van der Waals surface area contributed by atoms with Crippen LogP contribution in [0.25, 0.3) is 10.9 Å². The quantitative estimate of drug-likeness (QED) is 0.0612. The second-order valence-electron chi connectivity index (χ2n) is 25.1. The van der Waals surface area contributed by atoms with E-state index in [1.54, 1.807) is 52.8 Å². The van der Waals surface area contributed by atoms with Gasteiger partial charge in [-0.15, -0.1) is 0 Å². The van der Waals surface area contributed by atoms with Gasteiger partial charge in [-0.05, 0) is 42.5 Å². The number of aromatic amines is 1. The van der Waals surface area contributed by atoms with E-state index >= 15 is 4.79 Å². The number of para-hydroxylation sites is 1. The highest BCUT2D eigenvalue weighted by molar-refractivity contribution is 7.85. The molecule has 3 fully saturated rings. The molecule has 5 aliphatic heterocycles. The minimum absolute atomic E-state index is 0.0328. The Bertz CT molecular complexity index is 3600. The van der Waals surface area contributed by atoms with Gasteiger partial charge in [0.2, 0.25) is 82.7 Å². The Hall–Kier alpha value is -9.41. The maximum atomic E-state index is 15.4. The number of ether oxygens (including phenoxy) is 2. The van der Waals surface area contributed by atoms with Crippen LogP contribution in [0.5, 0.6) is 5.75 Å². The third-order valence-electron chi connectivity index (χ3n) is 17.6. The first-order chi connectivity index (χ1) is 45.4. The summed E-state index contributed by atoms with van der Waals surface area (Å²) in [5.74, 6) is -16.0. The van der Waals surface area contributed by atoms with E-state index in [-0.39, 0.29) is 64.5 Å². The number of carbonyl (C=O) groups is 14. The normalized spacial score (nSPS) is 27.2. The zero-order chi connectivity index (χ0) is 70.1. The van der Waals surface area contributed by atoms with E-state index in [1.165, 1.54) is 38.1 Å². The van der Waals surface area contributed by atoms with Crippen LogP contribution in [0.3, 0.4) is 0 Å². The number of imide groups is 1. The second kappa shape index (κ2) is 31.4. The van der Waals surface area contributed by atoms with Gasteiger partial charge in [-0.3, -0.25) is 76.2 Å². The molecule has 33 nitrogen and oxygen atoms in total. The third-order valence-corrected chi connectivity index (χ3v) is 19.0. The fraction of sp³-hybridized carbons (Fsp3) is 0.548. The summed E-state index contributed by atoms with van der Waals surface area (Å²) in [5, 5.41) is 47.4. The van der Waals surface area contributed by atoms with Crippen LogP contribution in [-0.2, 0) is 93.8 Å². The van der Waals surface area contributed by atoms with Gasteiger partial charge in [-0.2, -0.15) is 0 Å². The molecule has 0 spiro atoms. The number of phenols is 1. The molecule has 1 aromatic heterocycles. The van der Waals surface area contributed by atoms with Crippen molar-refractivity contribution in [2.24, 2.45) is 29.4 Å². The van der Waals surface area contributed by atoms with Crippen molar-refractivity contribution in [2.75, 3.05) is 43.9 Å². The van der Waals surface area contributed by atoms with Gasteiger partial charge in [0.1, 0.15) is 59.1 Å². The number of nitrogens with one attached hydrogen (secondary N) is 11. The number of benzene rings is 2. The van der Waals surface area contributed by atoms with Crippen molar-refractivity contribution in [3.8, 4) is 5.75 Å². The molecular formula is C62H82N14O19S. The largest absolute Gasteiger partial charge is 0.508 e. The smallest absolute Gasteiger partial charge is 0.246 e. The van der Waals surface area contributed by atoms with Crippen LogP contribution in [0.4, 0.5) is 5.69 Å². The lowest BCUT2D eigenvalue weighted by Crippen LogP contribution is -2.62. The number of likely N-dealkylation sites (tertiary alicyclic amines) is 1. The number of phenolic OH excluding ortho intramolecular Hbond substituents is 1. The molecule has 96 heavy (non-hydrogen) atoms. The molecular weight excluding hydrogens is 1280 g/mol. The fourth-order valence-corrected chi connectivity index (χ4v) is 13.3. The van der Waals surface area contributed by atoms with Gasteiger partial charge in [0.05, 0.1) is 60.4 Å². The molecule has 15 N–H and O–H groups in total. The molecule has 0 aliphatic carbocycles. The number of aliphatic hydroxyl groups is 1. The lowest BCUT2D eigenvalue weighted by atomic mass is 9.93. The molecule has 3 saturated heterocycles. The van der Waals surface area contributed by atoms with Crippen molar-refractivity contribution in [2.45, 2.75) is 159 Å². The molecule has 6 heterocycles. The molecule has 2 aromatic carbocycles. The SMILES string of the molecule is CC[C@H](C)[C@@H]1NC(=O)CNC(=O)C2Cc3c([nH]c4cc(O)ccc34)[S@](=O)CC(NC(=O)CNC1=O)C(=O)N[C@H](CC(N)=O)C(=O)N1CC(O)C[C@H]1C(=O)N[C@@H]([C@@H](C)[C@@H]1COC(c3ccccc3NC(=O)[C@H](C)NC(=O)C(NC(=O)CCN3C(=O)CC(C)C3=O)C(C)C)O1)C(=O)N2. The number of amides is 14. The number of primary amides is 1. The second-order valence-corrected chi connectivity index (χ2v) is 26.5. The average Bonchev–Trinajstić information content (AvgIpc) is 1.62. The maximum absolute atomic E-state index is 15.4. The number of fused-ring (bicyclic) bond motifs is 5. The number of aliphatic hydroxyl groups excluding tert-OH is 1. The summed E-state index contributed by atoms with van der Waals surface area (Å²) < 4.78 is 27.6. The third kappa shape index (κ3) is 17.3. The number of aromatic hydroxyl groups is 1. The molecule has 0 saturated carbocycles. The van der Waals surface area contributed by atoms with Crippen molar-refractivity contribution in [1.29, 1.82) is 0 Å². The molecule has 6 unspecified atom stereocenters. The number of rotatable bonds is 16. The van der Waals surface area contributed by atoms with Gasteiger partial charge in [-0.25, -0.2) is 0 Å². The van der Waals surface area contributed by atoms with Crippen LogP contribution >= 0.6 is 0 Å². The molecule has 15 atom stereocenters. The first-order valence-electron chi connectivity index (χ1n) is 31.6. The van der Waals surface area contributed by atoms with Crippen molar-refractivity contribution in [3.63, 3.8) is 0 Å². The van der Waals surface area contributed by atoms with Gasteiger partial charge >= 0.3 is 0 Å². The Labute approximate surface area is 553 Å². The zero-order valence-corrected chi connectivity index (χ0v) is 54.7. The first kappa shape index (κ1) is 72.4. The minimum atomic E-state index is -2.45. The summed E-state index contributed by atoms with van der Waals surface area (Å²) in [5.41, 5.74) is 6.20. The highest BCUT2D eigenvalue weighted by Crippen LogP contribution is 2.36. The first-order valence-corrected chi connectivity index (χ1v) is 32.9. The van der Waals surface area contributed by atoms with Crippen LogP contribution in [0.1, 0.15) is 98.0 Å². The summed E-state index contributed by atoms with van der Waals surface area (Å²) in [6.45, 7) is 8.57. The molecule has 5 aliphatic rings. The average molecular weight is 1360 g/mol. The van der Waals surface area contributed by atoms with Crippen LogP contribution in [0.2, 0.25) is 0 Å². The number of anilines is 1. The van der Waals surface area contributed by atoms with E-state index < -0.39 is 229 Å². The molecule has 14 amide bonds. The van der Waals surface area contributed by atoms with Crippen LogP contribution < -0.4 is 58.9 Å². The van der Waals surface area contributed by atoms with E-state index in [0.717, 1.165) is 9.80 Å². The molecule has 3 aromatic rings. The number of H-pyrrole nitrogens is 1. The number of hydrogen-bond acceptors (Lipinski definition) is 19. The highest BCUT2D eigenvalue weighted by atomic mass is 32.2. The fourth-order valence-electron chi connectivity index (χ4n) is 11.9. The van der Waals surface area contributed by atoms with Crippen molar-refractivity contribution >= 4 is 110 Å². The topological polar surface area (TPSA) is 484 Å². The highest BCUT2D eigenvalue weighted by Gasteiger charge is 2.47. The summed E-state index contributed by atoms with van der Waals surface area (Å²) in [6, 6.07) is -2.39. The molecule has 8 rings (SSSR count). The predicted octanol–water partition coefficient (Wildman–Crippen LogP) is -3.79.